The zero-order chi connectivity index (χ0) is 18.2. The maximum Gasteiger partial charge on any atom is 0.413 e. The molecule has 1 aromatic carbocycles. The molecule has 8 heteroatoms. The molecule has 134 valence electrons. The Morgan fingerprint density at radius 1 is 1.32 bits per heavy atom. The molecule has 0 saturated carbocycles. The van der Waals surface area contributed by atoms with Crippen LogP contribution in [0, 0.1) is 0 Å². The maximum absolute atomic E-state index is 12.0. The predicted octanol–water partition coefficient (Wildman–Crippen LogP) is 4.86. The Morgan fingerprint density at radius 3 is 2.76 bits per heavy atom. The van der Waals surface area contributed by atoms with Gasteiger partial charge in [-0.1, -0.05) is 34.5 Å². The number of benzene rings is 1. The third-order valence-electron chi connectivity index (χ3n) is 3.93. The van der Waals surface area contributed by atoms with E-state index in [2.05, 4.69) is 15.6 Å². The molecule has 6 nitrogen and oxygen atoms in total. The molecule has 1 N–H and O–H groups in total. The summed E-state index contributed by atoms with van der Waals surface area (Å²) in [7, 11) is 0. The van der Waals surface area contributed by atoms with Crippen LogP contribution in [0.4, 0.5) is 10.6 Å². The zero-order valence-corrected chi connectivity index (χ0v) is 15.9. The Hall–Kier alpha value is -1.79. The van der Waals surface area contributed by atoms with Gasteiger partial charge >= 0.3 is 6.09 Å². The Balaban J connectivity index is 1.85. The average molecular weight is 383 g/mol. The summed E-state index contributed by atoms with van der Waals surface area (Å²) in [5.74, 6) is 0.444. The minimum Gasteiger partial charge on any atom is -0.444 e. The van der Waals surface area contributed by atoms with E-state index in [0.717, 1.165) is 30.5 Å². The Labute approximate surface area is 156 Å². The quantitative estimate of drug-likeness (QED) is 0.804. The highest BCUT2D eigenvalue weighted by Gasteiger charge is 2.27. The van der Waals surface area contributed by atoms with Crippen molar-refractivity contribution in [3.8, 4) is 0 Å². The SMILES string of the molecule is CC(C)(C)OC(=O)Nc1nnn2c1CCCC2c1ccc(Cl)c(Cl)c1. The zero-order valence-electron chi connectivity index (χ0n) is 14.3. The van der Waals surface area contributed by atoms with Crippen LogP contribution in [0.5, 0.6) is 0 Å². The van der Waals surface area contributed by atoms with E-state index < -0.39 is 11.7 Å². The van der Waals surface area contributed by atoms with Crippen molar-refractivity contribution in [3.05, 3.63) is 39.5 Å². The van der Waals surface area contributed by atoms with Crippen molar-refractivity contribution in [1.82, 2.24) is 15.0 Å². The lowest BCUT2D eigenvalue weighted by molar-refractivity contribution is 0.0635. The van der Waals surface area contributed by atoms with E-state index in [9.17, 15) is 4.79 Å². The molecule has 0 fully saturated rings. The number of halogens is 2. The highest BCUT2D eigenvalue weighted by atomic mass is 35.5. The molecule has 1 aliphatic heterocycles. The van der Waals surface area contributed by atoms with Crippen LogP contribution >= 0.6 is 23.2 Å². The summed E-state index contributed by atoms with van der Waals surface area (Å²) < 4.78 is 7.13. The fraction of sp³-hybridized carbons (Fsp3) is 0.471. The number of hydrogen-bond acceptors (Lipinski definition) is 4. The van der Waals surface area contributed by atoms with Crippen LogP contribution < -0.4 is 5.32 Å². The van der Waals surface area contributed by atoms with Crippen molar-refractivity contribution in [1.29, 1.82) is 0 Å². The third-order valence-corrected chi connectivity index (χ3v) is 4.66. The highest BCUT2D eigenvalue weighted by Crippen LogP contribution is 2.35. The number of nitrogens with one attached hydrogen (secondary N) is 1. The molecule has 1 aromatic heterocycles. The molecule has 0 saturated heterocycles. The molecule has 1 amide bonds. The van der Waals surface area contributed by atoms with Crippen molar-refractivity contribution in [2.45, 2.75) is 51.7 Å². The van der Waals surface area contributed by atoms with Gasteiger partial charge in [-0.25, -0.2) is 9.48 Å². The minimum absolute atomic E-state index is 0.0141. The third kappa shape index (κ3) is 4.07. The Bertz CT molecular complexity index is 798. The second kappa shape index (κ2) is 6.84. The van der Waals surface area contributed by atoms with Crippen molar-refractivity contribution >= 4 is 35.1 Å². The number of ether oxygens (including phenoxy) is 1. The first-order chi connectivity index (χ1) is 11.7. The van der Waals surface area contributed by atoms with Gasteiger partial charge in [0.15, 0.2) is 5.82 Å². The van der Waals surface area contributed by atoms with E-state index in [0.29, 0.717) is 15.9 Å². The minimum atomic E-state index is -0.570. The van der Waals surface area contributed by atoms with Crippen molar-refractivity contribution < 1.29 is 9.53 Å². The largest absolute Gasteiger partial charge is 0.444 e. The van der Waals surface area contributed by atoms with Gasteiger partial charge in [0, 0.05) is 0 Å². The van der Waals surface area contributed by atoms with Crippen LogP contribution in [0.1, 0.15) is 50.9 Å². The smallest absolute Gasteiger partial charge is 0.413 e. The molecular formula is C17H20Cl2N4O2. The van der Waals surface area contributed by atoms with E-state index in [-0.39, 0.29) is 6.04 Å². The van der Waals surface area contributed by atoms with Gasteiger partial charge in [-0.05, 0) is 57.7 Å². The summed E-state index contributed by atoms with van der Waals surface area (Å²) in [6.07, 6.45) is 2.13. The Morgan fingerprint density at radius 2 is 2.08 bits per heavy atom. The summed E-state index contributed by atoms with van der Waals surface area (Å²) >= 11 is 12.2. The van der Waals surface area contributed by atoms with Crippen LogP contribution in [-0.2, 0) is 11.2 Å². The molecule has 3 rings (SSSR count). The van der Waals surface area contributed by atoms with Gasteiger partial charge in [-0.15, -0.1) is 5.10 Å². The monoisotopic (exact) mass is 382 g/mol. The summed E-state index contributed by atoms with van der Waals surface area (Å²) in [5, 5.41) is 12.1. The van der Waals surface area contributed by atoms with E-state index in [1.807, 2.05) is 37.6 Å². The van der Waals surface area contributed by atoms with Crippen LogP contribution in [0.2, 0.25) is 10.0 Å². The number of anilines is 1. The second-order valence-electron chi connectivity index (χ2n) is 7.04. The summed E-state index contributed by atoms with van der Waals surface area (Å²) in [4.78, 5) is 12.0. The topological polar surface area (TPSA) is 69.0 Å². The van der Waals surface area contributed by atoms with Gasteiger partial charge in [-0.2, -0.15) is 0 Å². The normalized spacial score (nSPS) is 17.1. The number of fused-ring (bicyclic) bond motifs is 1. The summed E-state index contributed by atoms with van der Waals surface area (Å²) in [6, 6.07) is 5.59. The number of nitrogens with zero attached hydrogens (tertiary/aromatic N) is 3. The molecule has 1 unspecified atom stereocenters. The average Bonchev–Trinajstić information content (AvgIpc) is 2.91. The molecule has 1 atom stereocenters. The lowest BCUT2D eigenvalue weighted by Gasteiger charge is -2.25. The number of carbonyl (C=O) groups is 1. The Kier molecular flexibility index (Phi) is 4.93. The number of amides is 1. The van der Waals surface area contributed by atoms with E-state index in [4.69, 9.17) is 27.9 Å². The summed E-state index contributed by atoms with van der Waals surface area (Å²) in [6.45, 7) is 5.44. The lowest BCUT2D eigenvalue weighted by atomic mass is 9.96. The first-order valence-corrected chi connectivity index (χ1v) is 8.89. The van der Waals surface area contributed by atoms with Crippen LogP contribution in [0.25, 0.3) is 0 Å². The van der Waals surface area contributed by atoms with E-state index in [1.165, 1.54) is 0 Å². The van der Waals surface area contributed by atoms with Crippen LogP contribution in [-0.4, -0.2) is 26.7 Å². The van der Waals surface area contributed by atoms with E-state index in [1.54, 1.807) is 6.07 Å². The number of rotatable bonds is 2. The first kappa shape index (κ1) is 18.0. The predicted molar refractivity (Wildman–Crippen MR) is 97.4 cm³/mol. The van der Waals surface area contributed by atoms with Crippen molar-refractivity contribution in [2.75, 3.05) is 5.32 Å². The fourth-order valence-electron chi connectivity index (χ4n) is 2.91. The molecule has 1 aliphatic rings. The van der Waals surface area contributed by atoms with E-state index >= 15 is 0 Å². The van der Waals surface area contributed by atoms with Crippen LogP contribution in [0.3, 0.4) is 0 Å². The fourth-order valence-corrected chi connectivity index (χ4v) is 3.21. The number of carbonyl (C=O) groups excluding carboxylic acids is 1. The van der Waals surface area contributed by atoms with Gasteiger partial charge in [0.25, 0.3) is 0 Å². The molecular weight excluding hydrogens is 363 g/mol. The molecule has 2 heterocycles. The number of aromatic nitrogens is 3. The first-order valence-electron chi connectivity index (χ1n) is 8.13. The van der Waals surface area contributed by atoms with Crippen molar-refractivity contribution in [3.63, 3.8) is 0 Å². The molecule has 0 aliphatic carbocycles. The van der Waals surface area contributed by atoms with Gasteiger partial charge in [0.2, 0.25) is 0 Å². The second-order valence-corrected chi connectivity index (χ2v) is 7.85. The van der Waals surface area contributed by atoms with Gasteiger partial charge < -0.3 is 4.74 Å². The lowest BCUT2D eigenvalue weighted by Crippen LogP contribution is -2.28. The standard InChI is InChI=1S/C17H20Cl2N4O2/c1-17(2,3)25-16(24)20-15-14-6-4-5-13(23(14)22-21-15)10-7-8-11(18)12(19)9-10/h7-9,13H,4-6H2,1-3H3,(H,20,24). The van der Waals surface area contributed by atoms with Gasteiger partial charge in [-0.3, -0.25) is 5.32 Å². The summed E-state index contributed by atoms with van der Waals surface area (Å²) in [5.41, 5.74) is 1.33. The van der Waals surface area contributed by atoms with Gasteiger partial charge in [0.05, 0.1) is 21.8 Å². The molecule has 25 heavy (non-hydrogen) atoms. The highest BCUT2D eigenvalue weighted by molar-refractivity contribution is 6.42. The maximum atomic E-state index is 12.0. The molecule has 0 bridgehead atoms. The van der Waals surface area contributed by atoms with Crippen molar-refractivity contribution in [2.24, 2.45) is 0 Å². The molecule has 0 radical (unpaired) electrons. The van der Waals surface area contributed by atoms with Crippen LogP contribution in [0.15, 0.2) is 18.2 Å². The van der Waals surface area contributed by atoms with Gasteiger partial charge in [0.1, 0.15) is 5.60 Å². The molecule has 2 aromatic rings. The molecule has 0 spiro atoms. The number of hydrogen-bond donors (Lipinski definition) is 1.